The van der Waals surface area contributed by atoms with Crippen molar-refractivity contribution in [3.8, 4) is 0 Å². The van der Waals surface area contributed by atoms with Gasteiger partial charge < -0.3 is 25.4 Å². The Labute approximate surface area is 192 Å². The Hall–Kier alpha value is -2.57. The van der Waals surface area contributed by atoms with E-state index in [9.17, 15) is 5.11 Å². The minimum absolute atomic E-state index is 0.104. The summed E-state index contributed by atoms with van der Waals surface area (Å²) < 4.78 is 5.43. The van der Waals surface area contributed by atoms with E-state index in [-0.39, 0.29) is 5.41 Å². The van der Waals surface area contributed by atoms with E-state index in [2.05, 4.69) is 77.7 Å². The van der Waals surface area contributed by atoms with Gasteiger partial charge in [0.05, 0.1) is 25.9 Å². The van der Waals surface area contributed by atoms with Crippen LogP contribution in [0, 0.1) is 0 Å². The van der Waals surface area contributed by atoms with E-state index in [1.165, 1.54) is 11.3 Å². The molecule has 0 bridgehead atoms. The van der Waals surface area contributed by atoms with E-state index in [0.29, 0.717) is 19.0 Å². The maximum absolute atomic E-state index is 10.6. The zero-order valence-electron chi connectivity index (χ0n) is 19.9. The summed E-state index contributed by atoms with van der Waals surface area (Å²) in [5.74, 6) is 0.704. The molecule has 6 heteroatoms. The van der Waals surface area contributed by atoms with Gasteiger partial charge in [0.25, 0.3) is 0 Å². The Balaban J connectivity index is 1.55. The second-order valence-corrected chi connectivity index (χ2v) is 9.23. The molecule has 0 radical (unpaired) electrons. The van der Waals surface area contributed by atoms with Crippen LogP contribution < -0.4 is 15.5 Å². The third kappa shape index (κ3) is 6.97. The summed E-state index contributed by atoms with van der Waals surface area (Å²) >= 11 is 0. The third-order valence-electron chi connectivity index (χ3n) is 5.70. The molecular formula is C26H38N4O2. The smallest absolute Gasteiger partial charge is 0.191 e. The van der Waals surface area contributed by atoms with Gasteiger partial charge in [0, 0.05) is 31.9 Å². The van der Waals surface area contributed by atoms with Gasteiger partial charge in [-0.05, 0) is 41.2 Å². The lowest BCUT2D eigenvalue weighted by Gasteiger charge is -2.28. The minimum Gasteiger partial charge on any atom is -0.387 e. The van der Waals surface area contributed by atoms with Crippen molar-refractivity contribution in [2.45, 2.75) is 45.8 Å². The third-order valence-corrected chi connectivity index (χ3v) is 5.70. The Morgan fingerprint density at radius 3 is 2.28 bits per heavy atom. The first-order chi connectivity index (χ1) is 15.4. The average molecular weight is 439 g/mol. The molecule has 0 spiro atoms. The standard InChI is InChI=1S/C26H38N4O2/c1-5-27-25(29-19-24(31)21-8-10-22(11-9-21)26(2,3)4)28-18-20-6-12-23(13-7-20)30-14-16-32-17-15-30/h6-13,24,31H,5,14-19H2,1-4H3,(H2,27,28,29). The van der Waals surface area contributed by atoms with Gasteiger partial charge in [-0.25, -0.2) is 4.99 Å². The zero-order chi connectivity index (χ0) is 23.0. The molecule has 0 aromatic heterocycles. The van der Waals surface area contributed by atoms with Crippen LogP contribution >= 0.6 is 0 Å². The summed E-state index contributed by atoms with van der Waals surface area (Å²) in [6.45, 7) is 13.8. The highest BCUT2D eigenvalue weighted by molar-refractivity contribution is 5.79. The molecule has 1 aliphatic rings. The number of nitrogens with one attached hydrogen (secondary N) is 2. The number of hydrogen-bond donors (Lipinski definition) is 3. The number of guanidine groups is 1. The van der Waals surface area contributed by atoms with Crippen LogP contribution in [0.1, 0.15) is 50.5 Å². The second-order valence-electron chi connectivity index (χ2n) is 9.23. The van der Waals surface area contributed by atoms with Crippen LogP contribution in [0.25, 0.3) is 0 Å². The van der Waals surface area contributed by atoms with Gasteiger partial charge in [0.15, 0.2) is 5.96 Å². The number of aliphatic hydroxyl groups is 1. The molecule has 3 rings (SSSR count). The molecule has 0 aliphatic carbocycles. The Morgan fingerprint density at radius 1 is 1.03 bits per heavy atom. The topological polar surface area (TPSA) is 69.1 Å². The SMILES string of the molecule is CCNC(=NCc1ccc(N2CCOCC2)cc1)NCC(O)c1ccc(C(C)(C)C)cc1. The maximum Gasteiger partial charge on any atom is 0.191 e. The summed E-state index contributed by atoms with van der Waals surface area (Å²) in [4.78, 5) is 7.03. The van der Waals surface area contributed by atoms with Crippen LogP contribution in [0.3, 0.4) is 0 Å². The fourth-order valence-electron chi connectivity index (χ4n) is 3.66. The molecule has 1 fully saturated rings. The number of nitrogens with zero attached hydrogens (tertiary/aromatic N) is 2. The molecule has 2 aromatic carbocycles. The fraction of sp³-hybridized carbons (Fsp3) is 0.500. The van der Waals surface area contributed by atoms with Crippen molar-refractivity contribution in [2.75, 3.05) is 44.3 Å². The normalized spacial score (nSPS) is 16.0. The van der Waals surface area contributed by atoms with Crippen molar-refractivity contribution >= 4 is 11.6 Å². The molecule has 3 N–H and O–H groups in total. The van der Waals surface area contributed by atoms with Crippen LogP contribution in [0.2, 0.25) is 0 Å². The molecule has 2 aromatic rings. The molecule has 1 aliphatic heterocycles. The van der Waals surface area contributed by atoms with E-state index in [1.807, 2.05) is 19.1 Å². The molecular weight excluding hydrogens is 400 g/mol. The van der Waals surface area contributed by atoms with Crippen molar-refractivity contribution < 1.29 is 9.84 Å². The number of ether oxygens (including phenoxy) is 1. The first-order valence-corrected chi connectivity index (χ1v) is 11.6. The number of rotatable bonds is 7. The lowest BCUT2D eigenvalue weighted by atomic mass is 9.86. The Morgan fingerprint density at radius 2 is 1.69 bits per heavy atom. The highest BCUT2D eigenvalue weighted by Crippen LogP contribution is 2.24. The van der Waals surface area contributed by atoms with Crippen molar-refractivity contribution in [3.63, 3.8) is 0 Å². The Bertz CT molecular complexity index is 851. The number of hydrogen-bond acceptors (Lipinski definition) is 4. The molecule has 1 atom stereocenters. The number of morpholine rings is 1. The summed E-state index contributed by atoms with van der Waals surface area (Å²) in [6, 6.07) is 16.8. The highest BCUT2D eigenvalue weighted by atomic mass is 16.5. The van der Waals surface area contributed by atoms with Gasteiger partial charge in [-0.2, -0.15) is 0 Å². The van der Waals surface area contributed by atoms with E-state index >= 15 is 0 Å². The first-order valence-electron chi connectivity index (χ1n) is 11.6. The van der Waals surface area contributed by atoms with Crippen LogP contribution in [-0.2, 0) is 16.7 Å². The van der Waals surface area contributed by atoms with Crippen LogP contribution in [-0.4, -0.2) is 50.5 Å². The lowest BCUT2D eigenvalue weighted by Crippen LogP contribution is -2.39. The van der Waals surface area contributed by atoms with Gasteiger partial charge in [-0.1, -0.05) is 57.2 Å². The molecule has 0 amide bonds. The molecule has 1 saturated heterocycles. The predicted octanol–water partition coefficient (Wildman–Crippen LogP) is 3.61. The predicted molar refractivity (Wildman–Crippen MR) is 132 cm³/mol. The van der Waals surface area contributed by atoms with Gasteiger partial charge in [-0.3, -0.25) is 0 Å². The number of aliphatic hydroxyl groups excluding tert-OH is 1. The first kappa shape index (κ1) is 24.1. The van der Waals surface area contributed by atoms with Crippen molar-refractivity contribution in [2.24, 2.45) is 4.99 Å². The summed E-state index contributed by atoms with van der Waals surface area (Å²) in [5, 5.41) is 17.1. The van der Waals surface area contributed by atoms with E-state index in [0.717, 1.165) is 44.0 Å². The second kappa shape index (κ2) is 11.3. The average Bonchev–Trinajstić information content (AvgIpc) is 2.81. The molecule has 0 saturated carbocycles. The van der Waals surface area contributed by atoms with Gasteiger partial charge in [0.1, 0.15) is 0 Å². The maximum atomic E-state index is 10.6. The number of benzene rings is 2. The highest BCUT2D eigenvalue weighted by Gasteiger charge is 2.15. The quantitative estimate of drug-likeness (QED) is 0.455. The molecule has 32 heavy (non-hydrogen) atoms. The van der Waals surface area contributed by atoms with Gasteiger partial charge in [0.2, 0.25) is 0 Å². The van der Waals surface area contributed by atoms with Crippen LogP contribution in [0.5, 0.6) is 0 Å². The minimum atomic E-state index is -0.597. The molecule has 1 heterocycles. The Kier molecular flexibility index (Phi) is 8.53. The summed E-state index contributed by atoms with van der Waals surface area (Å²) in [5.41, 5.74) is 4.65. The van der Waals surface area contributed by atoms with Crippen molar-refractivity contribution in [3.05, 3.63) is 65.2 Å². The molecule has 1 unspecified atom stereocenters. The van der Waals surface area contributed by atoms with Crippen molar-refractivity contribution in [1.29, 1.82) is 0 Å². The van der Waals surface area contributed by atoms with Crippen LogP contribution in [0.4, 0.5) is 5.69 Å². The number of anilines is 1. The van der Waals surface area contributed by atoms with Crippen LogP contribution in [0.15, 0.2) is 53.5 Å². The number of aliphatic imine (C=N–C) groups is 1. The van der Waals surface area contributed by atoms with E-state index in [1.54, 1.807) is 0 Å². The van der Waals surface area contributed by atoms with Crippen molar-refractivity contribution in [1.82, 2.24) is 10.6 Å². The largest absolute Gasteiger partial charge is 0.387 e. The van der Waals surface area contributed by atoms with Gasteiger partial charge >= 0.3 is 0 Å². The van der Waals surface area contributed by atoms with Gasteiger partial charge in [-0.15, -0.1) is 0 Å². The summed E-state index contributed by atoms with van der Waals surface area (Å²) in [7, 11) is 0. The van der Waals surface area contributed by atoms with E-state index < -0.39 is 6.10 Å². The molecule has 174 valence electrons. The zero-order valence-corrected chi connectivity index (χ0v) is 19.9. The van der Waals surface area contributed by atoms with E-state index in [4.69, 9.17) is 4.74 Å². The lowest BCUT2D eigenvalue weighted by molar-refractivity contribution is 0.122. The molecule has 6 nitrogen and oxygen atoms in total. The fourth-order valence-corrected chi connectivity index (χ4v) is 3.66. The summed E-state index contributed by atoms with van der Waals surface area (Å²) in [6.07, 6.45) is -0.597. The monoisotopic (exact) mass is 438 g/mol.